The molecule has 0 bridgehead atoms. The van der Waals surface area contributed by atoms with Crippen LogP contribution in [0, 0.1) is 25.2 Å². The van der Waals surface area contributed by atoms with E-state index in [1.54, 1.807) is 7.11 Å². The number of nitrogens with one attached hydrogen (secondary N) is 2. The largest absolute Gasteiger partial charge is 0.381 e. The van der Waals surface area contributed by atoms with E-state index in [1.165, 1.54) is 11.1 Å². The molecule has 0 aliphatic heterocycles. The van der Waals surface area contributed by atoms with Gasteiger partial charge in [-0.05, 0) is 37.1 Å². The molecule has 2 aromatic heterocycles. The van der Waals surface area contributed by atoms with Gasteiger partial charge in [-0.2, -0.15) is 9.66 Å². The van der Waals surface area contributed by atoms with Crippen molar-refractivity contribution < 1.29 is 9.14 Å². The molecule has 0 atom stereocenters. The molecule has 2 N–H and O–H groups in total. The van der Waals surface area contributed by atoms with E-state index in [-0.39, 0.29) is 0 Å². The van der Waals surface area contributed by atoms with Gasteiger partial charge in [0.1, 0.15) is 22.7 Å². The molecule has 5 heteroatoms. The van der Waals surface area contributed by atoms with Gasteiger partial charge in [-0.1, -0.05) is 42.0 Å². The van der Waals surface area contributed by atoms with Crippen LogP contribution in [0.15, 0.2) is 48.5 Å². The molecule has 0 unspecified atom stereocenters. The molecule has 0 amide bonds. The van der Waals surface area contributed by atoms with E-state index in [0.29, 0.717) is 18.7 Å². The van der Waals surface area contributed by atoms with Crippen LogP contribution in [0.1, 0.15) is 27.8 Å². The highest BCUT2D eigenvalue weighted by Gasteiger charge is 2.25. The molecule has 146 valence electrons. The molecule has 0 fully saturated rings. The summed E-state index contributed by atoms with van der Waals surface area (Å²) < 4.78 is 7.40. The lowest BCUT2D eigenvalue weighted by Gasteiger charge is -2.14. The molecule has 0 aliphatic rings. The van der Waals surface area contributed by atoms with Gasteiger partial charge in [0.25, 0.3) is 0 Å². The summed E-state index contributed by atoms with van der Waals surface area (Å²) in [5.41, 5.74) is 8.14. The number of imidazole rings is 1. The van der Waals surface area contributed by atoms with Crippen molar-refractivity contribution in [1.82, 2.24) is 4.98 Å². The molecule has 4 aromatic rings. The van der Waals surface area contributed by atoms with Crippen molar-refractivity contribution in [3.8, 4) is 6.07 Å². The monoisotopic (exact) mass is 385 g/mol. The zero-order valence-corrected chi connectivity index (χ0v) is 17.0. The highest BCUT2D eigenvalue weighted by Crippen LogP contribution is 2.27. The molecule has 0 spiro atoms. The molecular formula is C24H25N4O+. The lowest BCUT2D eigenvalue weighted by Crippen LogP contribution is -2.31. The van der Waals surface area contributed by atoms with Crippen LogP contribution in [0.5, 0.6) is 0 Å². The van der Waals surface area contributed by atoms with Crippen molar-refractivity contribution in [3.05, 3.63) is 76.3 Å². The first kappa shape index (κ1) is 19.0. The van der Waals surface area contributed by atoms with E-state index < -0.39 is 0 Å². The Kier molecular flexibility index (Phi) is 5.20. The lowest BCUT2D eigenvalue weighted by molar-refractivity contribution is -0.465. The number of pyridine rings is 1. The molecule has 4 rings (SSSR count). The number of rotatable bonds is 6. The molecule has 0 aliphatic carbocycles. The van der Waals surface area contributed by atoms with Gasteiger partial charge in [-0.3, -0.25) is 4.98 Å². The average molecular weight is 385 g/mol. The fourth-order valence-corrected chi connectivity index (χ4v) is 3.85. The van der Waals surface area contributed by atoms with Crippen molar-refractivity contribution >= 4 is 22.5 Å². The number of H-pyrrole nitrogens is 1. The molecule has 29 heavy (non-hydrogen) atoms. The van der Waals surface area contributed by atoms with E-state index >= 15 is 0 Å². The smallest absolute Gasteiger partial charge is 0.250 e. The Labute approximate surface area is 170 Å². The molecular weight excluding hydrogens is 360 g/mol. The van der Waals surface area contributed by atoms with Gasteiger partial charge in [-0.25, -0.2) is 0 Å². The number of aromatic nitrogens is 2. The maximum atomic E-state index is 9.95. The average Bonchev–Trinajstić information content (AvgIpc) is 3.11. The van der Waals surface area contributed by atoms with Gasteiger partial charge in [0.2, 0.25) is 11.5 Å². The van der Waals surface area contributed by atoms with E-state index in [4.69, 9.17) is 4.74 Å². The summed E-state index contributed by atoms with van der Waals surface area (Å²) in [4.78, 5) is 3.44. The predicted octanol–water partition coefficient (Wildman–Crippen LogP) is 4.04. The molecule has 0 saturated heterocycles. The van der Waals surface area contributed by atoms with Crippen molar-refractivity contribution in [1.29, 1.82) is 5.26 Å². The second kappa shape index (κ2) is 7.94. The number of ether oxygens (including phenoxy) is 1. The van der Waals surface area contributed by atoms with Crippen LogP contribution in [0.3, 0.4) is 0 Å². The minimum Gasteiger partial charge on any atom is -0.381 e. The quantitative estimate of drug-likeness (QED) is 0.389. The second-order valence-corrected chi connectivity index (χ2v) is 7.35. The summed E-state index contributed by atoms with van der Waals surface area (Å²) >= 11 is 0. The molecule has 2 heterocycles. The highest BCUT2D eigenvalue weighted by atomic mass is 16.5. The first-order valence-corrected chi connectivity index (χ1v) is 9.80. The van der Waals surface area contributed by atoms with Crippen molar-refractivity contribution in [2.45, 2.75) is 20.3 Å². The number of nitriles is 1. The SMILES string of the molecule is COCCNc1c(Cc2ccc(C)cc2)c(C)c(C#N)c2[nH]c3ccccc3[n+]12. The minimum atomic E-state index is 0.605. The molecule has 0 radical (unpaired) electrons. The number of aromatic amines is 1. The van der Waals surface area contributed by atoms with Gasteiger partial charge in [0.15, 0.2) is 0 Å². The van der Waals surface area contributed by atoms with E-state index in [2.05, 4.69) is 58.0 Å². The first-order valence-electron chi connectivity index (χ1n) is 9.80. The highest BCUT2D eigenvalue weighted by molar-refractivity contribution is 5.78. The maximum Gasteiger partial charge on any atom is 0.250 e. The number of nitrogens with zero attached hydrogens (tertiary/aromatic N) is 2. The molecule has 0 saturated carbocycles. The van der Waals surface area contributed by atoms with Gasteiger partial charge >= 0.3 is 0 Å². The summed E-state index contributed by atoms with van der Waals surface area (Å²) in [5.74, 6) is 1.01. The van der Waals surface area contributed by atoms with Crippen molar-refractivity contribution in [2.24, 2.45) is 0 Å². The van der Waals surface area contributed by atoms with E-state index in [1.807, 2.05) is 25.1 Å². The summed E-state index contributed by atoms with van der Waals surface area (Å²) in [6.45, 7) is 5.42. The zero-order valence-electron chi connectivity index (χ0n) is 17.0. The predicted molar refractivity (Wildman–Crippen MR) is 115 cm³/mol. The van der Waals surface area contributed by atoms with Gasteiger partial charge in [0.05, 0.1) is 13.2 Å². The van der Waals surface area contributed by atoms with Crippen LogP contribution in [0.25, 0.3) is 16.7 Å². The summed E-state index contributed by atoms with van der Waals surface area (Å²) in [6, 6.07) is 19.1. The Hall–Kier alpha value is -3.36. The topological polar surface area (TPSA) is 64.9 Å². The number of fused-ring (bicyclic) bond motifs is 3. The third-order valence-electron chi connectivity index (χ3n) is 5.41. The normalized spacial score (nSPS) is 11.1. The minimum absolute atomic E-state index is 0.605. The van der Waals surface area contributed by atoms with Crippen molar-refractivity contribution in [3.63, 3.8) is 0 Å². The molecule has 2 aromatic carbocycles. The Balaban J connectivity index is 1.99. The number of hydrogen-bond acceptors (Lipinski definition) is 3. The fraction of sp³-hybridized carbons (Fsp3) is 0.250. The van der Waals surface area contributed by atoms with Gasteiger partial charge < -0.3 is 10.1 Å². The van der Waals surface area contributed by atoms with Crippen LogP contribution in [-0.2, 0) is 11.2 Å². The number of anilines is 1. The Bertz CT molecular complexity index is 1220. The summed E-state index contributed by atoms with van der Waals surface area (Å²) in [7, 11) is 1.70. The zero-order chi connectivity index (χ0) is 20.4. The van der Waals surface area contributed by atoms with E-state index in [0.717, 1.165) is 40.0 Å². The first-order chi connectivity index (χ1) is 14.1. The van der Waals surface area contributed by atoms with Crippen LogP contribution in [-0.4, -0.2) is 25.2 Å². The maximum absolute atomic E-state index is 9.95. The third-order valence-corrected chi connectivity index (χ3v) is 5.41. The van der Waals surface area contributed by atoms with Crippen LogP contribution in [0.2, 0.25) is 0 Å². The number of para-hydroxylation sites is 2. The number of methoxy groups -OCH3 is 1. The van der Waals surface area contributed by atoms with E-state index in [9.17, 15) is 5.26 Å². The summed E-state index contributed by atoms with van der Waals surface area (Å²) in [6.07, 6.45) is 0.749. The van der Waals surface area contributed by atoms with Crippen molar-refractivity contribution in [2.75, 3.05) is 25.6 Å². The fourth-order valence-electron chi connectivity index (χ4n) is 3.85. The Morgan fingerprint density at radius 1 is 1.10 bits per heavy atom. The standard InChI is InChI=1S/C24H24N4O/c1-16-8-10-18(11-9-16)14-19-17(2)20(15-25)24-27-21-6-4-5-7-22(21)28(24)23(19)26-12-13-29-3/h4-11H,12-14H2,1-3H3,(H,26,27)/p+1. The van der Waals surface area contributed by atoms with Gasteiger partial charge in [0, 0.05) is 19.1 Å². The number of benzene rings is 2. The van der Waals surface area contributed by atoms with Gasteiger partial charge in [-0.15, -0.1) is 0 Å². The van der Waals surface area contributed by atoms with Crippen LogP contribution in [0.4, 0.5) is 5.82 Å². The number of hydrogen-bond donors (Lipinski definition) is 2. The molecule has 5 nitrogen and oxygen atoms in total. The number of aryl methyl sites for hydroxylation is 1. The Morgan fingerprint density at radius 2 is 1.86 bits per heavy atom. The van der Waals surface area contributed by atoms with Crippen LogP contribution < -0.4 is 9.72 Å². The lowest BCUT2D eigenvalue weighted by atomic mass is 9.97. The third kappa shape index (κ3) is 3.43. The van der Waals surface area contributed by atoms with Crippen LogP contribution >= 0.6 is 0 Å². The Morgan fingerprint density at radius 3 is 2.59 bits per heavy atom. The summed E-state index contributed by atoms with van der Waals surface area (Å²) in [5, 5.41) is 13.5. The second-order valence-electron chi connectivity index (χ2n) is 7.35.